The predicted octanol–water partition coefficient (Wildman–Crippen LogP) is 3.96. The van der Waals surface area contributed by atoms with Crippen LogP contribution in [0.2, 0.25) is 5.02 Å². The van der Waals surface area contributed by atoms with E-state index in [9.17, 15) is 5.11 Å². The van der Waals surface area contributed by atoms with Crippen molar-refractivity contribution in [2.24, 2.45) is 0 Å². The summed E-state index contributed by atoms with van der Waals surface area (Å²) >= 11 is 6.16. The van der Waals surface area contributed by atoms with Gasteiger partial charge in [-0.3, -0.25) is 4.90 Å². The van der Waals surface area contributed by atoms with Gasteiger partial charge >= 0.3 is 0 Å². The van der Waals surface area contributed by atoms with Gasteiger partial charge < -0.3 is 9.84 Å². The normalized spacial score (nSPS) is 24.3. The number of hydrogen-bond donors (Lipinski definition) is 1. The summed E-state index contributed by atoms with van der Waals surface area (Å²) in [6.07, 6.45) is 3.25. The summed E-state index contributed by atoms with van der Waals surface area (Å²) in [4.78, 5) is 2.40. The van der Waals surface area contributed by atoms with E-state index in [0.29, 0.717) is 25.2 Å². The average Bonchev–Trinajstić information content (AvgIpc) is 2.46. The first kappa shape index (κ1) is 17.6. The first-order valence-corrected chi connectivity index (χ1v) is 8.59. The largest absolute Gasteiger partial charge is 0.491 e. The van der Waals surface area contributed by atoms with E-state index >= 15 is 0 Å². The second-order valence-electron chi connectivity index (χ2n) is 6.66. The second kappa shape index (κ2) is 7.67. The van der Waals surface area contributed by atoms with Crippen LogP contribution in [0, 0.1) is 13.8 Å². The van der Waals surface area contributed by atoms with E-state index in [1.807, 2.05) is 26.0 Å². The third kappa shape index (κ3) is 4.37. The molecule has 1 heterocycles. The number of β-amino-alcohol motifs (C(OH)–C–C–N with tert-alkyl or cyclic N) is 1. The number of aliphatic hydroxyl groups excluding tert-OH is 1. The number of benzene rings is 1. The summed E-state index contributed by atoms with van der Waals surface area (Å²) in [6.45, 7) is 9.42. The zero-order valence-electron chi connectivity index (χ0n) is 14.1. The molecule has 1 saturated heterocycles. The van der Waals surface area contributed by atoms with Crippen LogP contribution >= 0.6 is 11.6 Å². The average molecular weight is 326 g/mol. The minimum absolute atomic E-state index is 0.316. The van der Waals surface area contributed by atoms with E-state index in [4.69, 9.17) is 16.3 Å². The molecule has 2 rings (SSSR count). The molecule has 3 atom stereocenters. The number of piperidine rings is 1. The van der Waals surface area contributed by atoms with Gasteiger partial charge in [0.15, 0.2) is 0 Å². The molecule has 1 aliphatic rings. The van der Waals surface area contributed by atoms with Crippen molar-refractivity contribution in [1.29, 1.82) is 0 Å². The fraction of sp³-hybridized carbons (Fsp3) is 0.667. The van der Waals surface area contributed by atoms with Crippen LogP contribution < -0.4 is 4.74 Å². The maximum atomic E-state index is 10.3. The van der Waals surface area contributed by atoms with Crippen molar-refractivity contribution in [2.75, 3.05) is 13.2 Å². The van der Waals surface area contributed by atoms with Gasteiger partial charge in [-0.05, 0) is 63.8 Å². The van der Waals surface area contributed by atoms with E-state index in [1.165, 1.54) is 19.3 Å². The summed E-state index contributed by atoms with van der Waals surface area (Å²) < 4.78 is 5.76. The van der Waals surface area contributed by atoms with Crippen LogP contribution in [0.1, 0.15) is 44.2 Å². The Morgan fingerprint density at radius 1 is 1.23 bits per heavy atom. The molecule has 0 saturated carbocycles. The first-order chi connectivity index (χ1) is 10.4. The molecule has 0 aliphatic carbocycles. The van der Waals surface area contributed by atoms with Crippen molar-refractivity contribution in [2.45, 2.75) is 65.1 Å². The zero-order valence-corrected chi connectivity index (χ0v) is 14.9. The van der Waals surface area contributed by atoms with Crippen molar-refractivity contribution in [3.05, 3.63) is 28.3 Å². The summed E-state index contributed by atoms with van der Waals surface area (Å²) in [6, 6.07) is 4.93. The van der Waals surface area contributed by atoms with Gasteiger partial charge in [-0.2, -0.15) is 0 Å². The lowest BCUT2D eigenvalue weighted by molar-refractivity contribution is 0.0208. The Hall–Kier alpha value is -0.770. The monoisotopic (exact) mass is 325 g/mol. The highest BCUT2D eigenvalue weighted by Crippen LogP contribution is 2.26. The maximum Gasteiger partial charge on any atom is 0.120 e. The minimum atomic E-state index is -0.473. The molecule has 4 heteroatoms. The van der Waals surface area contributed by atoms with Gasteiger partial charge in [0, 0.05) is 23.7 Å². The van der Waals surface area contributed by atoms with Crippen LogP contribution in [0.25, 0.3) is 0 Å². The standard InChI is InChI=1S/C18H28ClNO2/c1-12-8-17(9-13(2)18(12)19)22-11-16(21)10-20-14(3)6-5-7-15(20)4/h8-9,14-16,21H,5-7,10-11H2,1-4H3/t14-,15-,16-/m1/s1. The quantitative estimate of drug-likeness (QED) is 0.889. The Bertz CT molecular complexity index is 473. The molecule has 0 unspecified atom stereocenters. The summed E-state index contributed by atoms with van der Waals surface area (Å²) in [5, 5.41) is 11.1. The highest BCUT2D eigenvalue weighted by atomic mass is 35.5. The zero-order chi connectivity index (χ0) is 16.3. The van der Waals surface area contributed by atoms with Crippen molar-refractivity contribution in [1.82, 2.24) is 4.90 Å². The van der Waals surface area contributed by atoms with Crippen molar-refractivity contribution in [3.8, 4) is 5.75 Å². The van der Waals surface area contributed by atoms with Crippen molar-refractivity contribution < 1.29 is 9.84 Å². The smallest absolute Gasteiger partial charge is 0.120 e. The second-order valence-corrected chi connectivity index (χ2v) is 7.04. The molecule has 1 fully saturated rings. The molecule has 0 radical (unpaired) electrons. The van der Waals surface area contributed by atoms with E-state index in [1.54, 1.807) is 0 Å². The Morgan fingerprint density at radius 3 is 2.32 bits per heavy atom. The molecule has 22 heavy (non-hydrogen) atoms. The number of likely N-dealkylation sites (tertiary alicyclic amines) is 1. The van der Waals surface area contributed by atoms with Crippen LogP contribution in [0.5, 0.6) is 5.75 Å². The molecule has 0 aromatic heterocycles. The topological polar surface area (TPSA) is 32.7 Å². The van der Waals surface area contributed by atoms with Crippen LogP contribution in [-0.2, 0) is 0 Å². The number of ether oxygens (including phenoxy) is 1. The number of hydrogen-bond acceptors (Lipinski definition) is 3. The lowest BCUT2D eigenvalue weighted by atomic mass is 9.97. The van der Waals surface area contributed by atoms with E-state index in [2.05, 4.69) is 18.7 Å². The molecule has 1 aromatic carbocycles. The Balaban J connectivity index is 1.88. The molecule has 0 bridgehead atoms. The number of nitrogens with zero attached hydrogens (tertiary/aromatic N) is 1. The first-order valence-electron chi connectivity index (χ1n) is 8.22. The highest BCUT2D eigenvalue weighted by molar-refractivity contribution is 6.32. The van der Waals surface area contributed by atoms with Gasteiger partial charge in [0.1, 0.15) is 18.5 Å². The maximum absolute atomic E-state index is 10.3. The fourth-order valence-corrected chi connectivity index (χ4v) is 3.42. The SMILES string of the molecule is Cc1cc(OC[C@H](O)CN2[C@H](C)CCC[C@H]2C)cc(C)c1Cl. The number of aliphatic hydroxyl groups is 1. The summed E-state index contributed by atoms with van der Waals surface area (Å²) in [7, 11) is 0. The molecule has 0 amide bonds. The molecule has 1 N–H and O–H groups in total. The minimum Gasteiger partial charge on any atom is -0.491 e. The molecule has 0 spiro atoms. The van der Waals surface area contributed by atoms with Gasteiger partial charge in [-0.1, -0.05) is 18.0 Å². The number of aryl methyl sites for hydroxylation is 2. The third-order valence-corrected chi connectivity index (χ3v) is 5.25. The lowest BCUT2D eigenvalue weighted by Crippen LogP contribution is -2.48. The highest BCUT2D eigenvalue weighted by Gasteiger charge is 2.26. The number of halogens is 1. The van der Waals surface area contributed by atoms with E-state index in [-0.39, 0.29) is 0 Å². The van der Waals surface area contributed by atoms with E-state index < -0.39 is 6.10 Å². The fourth-order valence-electron chi connectivity index (χ4n) is 3.31. The lowest BCUT2D eigenvalue weighted by Gasteiger charge is -2.40. The Labute approximate surface area is 139 Å². The predicted molar refractivity (Wildman–Crippen MR) is 91.9 cm³/mol. The van der Waals surface area contributed by atoms with Gasteiger partial charge in [-0.25, -0.2) is 0 Å². The van der Waals surface area contributed by atoms with Crippen LogP contribution in [0.15, 0.2) is 12.1 Å². The van der Waals surface area contributed by atoms with Gasteiger partial charge in [0.05, 0.1) is 0 Å². The molecular formula is C18H28ClNO2. The van der Waals surface area contributed by atoms with Crippen LogP contribution in [0.4, 0.5) is 0 Å². The number of rotatable bonds is 5. The third-order valence-electron chi connectivity index (χ3n) is 4.65. The molecular weight excluding hydrogens is 298 g/mol. The van der Waals surface area contributed by atoms with Gasteiger partial charge in [0.25, 0.3) is 0 Å². The molecule has 1 aromatic rings. The van der Waals surface area contributed by atoms with Gasteiger partial charge in [0.2, 0.25) is 0 Å². The van der Waals surface area contributed by atoms with E-state index in [0.717, 1.165) is 21.9 Å². The molecule has 3 nitrogen and oxygen atoms in total. The molecule has 124 valence electrons. The van der Waals surface area contributed by atoms with Gasteiger partial charge in [-0.15, -0.1) is 0 Å². The van der Waals surface area contributed by atoms with Crippen LogP contribution in [-0.4, -0.2) is 41.3 Å². The Morgan fingerprint density at radius 2 is 1.77 bits per heavy atom. The summed E-state index contributed by atoms with van der Waals surface area (Å²) in [5.41, 5.74) is 2.01. The van der Waals surface area contributed by atoms with Crippen LogP contribution in [0.3, 0.4) is 0 Å². The summed E-state index contributed by atoms with van der Waals surface area (Å²) in [5.74, 6) is 0.776. The molecule has 1 aliphatic heterocycles. The van der Waals surface area contributed by atoms with Crippen molar-refractivity contribution >= 4 is 11.6 Å². The Kier molecular flexibility index (Phi) is 6.13. The van der Waals surface area contributed by atoms with Crippen molar-refractivity contribution in [3.63, 3.8) is 0 Å².